The van der Waals surface area contributed by atoms with Crippen LogP contribution >= 0.6 is 0 Å². The maximum absolute atomic E-state index is 12.2. The summed E-state index contributed by atoms with van der Waals surface area (Å²) in [4.78, 5) is -0.0151. The topological polar surface area (TPSA) is 76.0 Å². The van der Waals surface area contributed by atoms with Crippen LogP contribution in [0.3, 0.4) is 0 Å². The lowest BCUT2D eigenvalue weighted by atomic mass is 10.4. The van der Waals surface area contributed by atoms with Crippen LogP contribution in [0.2, 0.25) is 0 Å². The van der Waals surface area contributed by atoms with Gasteiger partial charge in [0, 0.05) is 6.54 Å². The lowest BCUT2D eigenvalue weighted by Gasteiger charge is -2.08. The van der Waals surface area contributed by atoms with Gasteiger partial charge in [-0.05, 0) is 26.8 Å². The van der Waals surface area contributed by atoms with E-state index in [2.05, 4.69) is 17.3 Å². The average molecular weight is 324 g/mol. The van der Waals surface area contributed by atoms with Gasteiger partial charge in [-0.2, -0.15) is 5.10 Å². The lowest BCUT2D eigenvalue weighted by molar-refractivity contribution is 0.153. The zero-order chi connectivity index (χ0) is 16.0. The zero-order valence-corrected chi connectivity index (χ0v) is 13.3. The molecule has 0 aromatic carbocycles. The van der Waals surface area contributed by atoms with Gasteiger partial charge in [0.1, 0.15) is 4.90 Å². The summed E-state index contributed by atoms with van der Waals surface area (Å²) in [5, 5.41) is 7.36. The Morgan fingerprint density at radius 3 is 2.52 bits per heavy atom. The van der Waals surface area contributed by atoms with Gasteiger partial charge in [0.05, 0.1) is 24.5 Å². The highest BCUT2D eigenvalue weighted by molar-refractivity contribution is 7.89. The van der Waals surface area contributed by atoms with E-state index in [-0.39, 0.29) is 4.90 Å². The summed E-state index contributed by atoms with van der Waals surface area (Å²) in [5.41, 5.74) is 0.761. The van der Waals surface area contributed by atoms with E-state index >= 15 is 0 Å². The van der Waals surface area contributed by atoms with E-state index in [0.717, 1.165) is 13.0 Å². The number of hydrogen-bond donors (Lipinski definition) is 2. The molecule has 0 saturated heterocycles. The molecule has 1 aromatic rings. The van der Waals surface area contributed by atoms with Crippen molar-refractivity contribution in [3.8, 4) is 0 Å². The van der Waals surface area contributed by atoms with Gasteiger partial charge in [0.2, 0.25) is 10.0 Å². The quantitative estimate of drug-likeness (QED) is 0.666. The Bertz CT molecular complexity index is 558. The van der Waals surface area contributed by atoms with Crippen molar-refractivity contribution in [2.75, 3.05) is 19.6 Å². The fraction of sp³-hybridized carbons (Fsp3) is 0.750. The molecule has 0 aliphatic heterocycles. The Morgan fingerprint density at radius 1 is 1.29 bits per heavy atom. The normalized spacial score (nSPS) is 12.3. The Labute approximate surface area is 124 Å². The van der Waals surface area contributed by atoms with Crippen LogP contribution in [0, 0.1) is 13.8 Å². The summed E-state index contributed by atoms with van der Waals surface area (Å²) >= 11 is 0. The Morgan fingerprint density at radius 2 is 1.95 bits per heavy atom. The third kappa shape index (κ3) is 5.01. The molecule has 9 heteroatoms. The molecular weight excluding hydrogens is 302 g/mol. The molecular formula is C12H22F2N4O2S. The van der Waals surface area contributed by atoms with E-state index < -0.39 is 23.0 Å². The number of nitrogens with zero attached hydrogens (tertiary/aromatic N) is 2. The number of hydrogen-bond acceptors (Lipinski definition) is 4. The molecule has 1 heterocycles. The summed E-state index contributed by atoms with van der Waals surface area (Å²) in [6, 6.07) is 0. The van der Waals surface area contributed by atoms with E-state index in [1.54, 1.807) is 18.5 Å². The minimum atomic E-state index is -3.96. The van der Waals surface area contributed by atoms with Gasteiger partial charge in [-0.3, -0.25) is 4.68 Å². The molecule has 0 radical (unpaired) electrons. The fourth-order valence-corrected chi connectivity index (χ4v) is 3.43. The first-order chi connectivity index (χ1) is 9.79. The number of nitrogens with one attached hydrogen (secondary N) is 2. The van der Waals surface area contributed by atoms with Crippen LogP contribution in [-0.2, 0) is 16.6 Å². The van der Waals surface area contributed by atoms with Gasteiger partial charge in [-0.1, -0.05) is 6.92 Å². The first-order valence-corrected chi connectivity index (χ1v) is 8.30. The molecule has 0 spiro atoms. The van der Waals surface area contributed by atoms with Crippen molar-refractivity contribution in [2.45, 2.75) is 45.1 Å². The molecule has 122 valence electrons. The van der Waals surface area contributed by atoms with Gasteiger partial charge in [0.15, 0.2) is 0 Å². The second-order valence-corrected chi connectivity index (χ2v) is 6.42. The molecule has 0 amide bonds. The minimum Gasteiger partial charge on any atom is -0.315 e. The molecule has 0 saturated carbocycles. The first-order valence-electron chi connectivity index (χ1n) is 6.82. The molecule has 0 bridgehead atoms. The van der Waals surface area contributed by atoms with E-state index in [1.807, 2.05) is 4.72 Å². The van der Waals surface area contributed by atoms with Crippen molar-refractivity contribution < 1.29 is 17.2 Å². The number of halogens is 2. The standard InChI is InChI=1S/C12H22F2N4O2S/c1-4-5-15-6-7-18-10(3)12(9(2)17-18)21(19,20)16-8-11(13)14/h11,15-16H,4-8H2,1-3H3. The van der Waals surface area contributed by atoms with Crippen molar-refractivity contribution in [3.63, 3.8) is 0 Å². The molecule has 0 atom stereocenters. The number of rotatable bonds is 9. The molecule has 21 heavy (non-hydrogen) atoms. The molecule has 0 fully saturated rings. The highest BCUT2D eigenvalue weighted by atomic mass is 32.2. The molecule has 0 aliphatic carbocycles. The van der Waals surface area contributed by atoms with E-state index in [0.29, 0.717) is 24.5 Å². The van der Waals surface area contributed by atoms with Gasteiger partial charge < -0.3 is 5.32 Å². The summed E-state index contributed by atoms with van der Waals surface area (Å²) < 4.78 is 51.9. The van der Waals surface area contributed by atoms with E-state index in [9.17, 15) is 17.2 Å². The average Bonchev–Trinajstić information content (AvgIpc) is 2.68. The van der Waals surface area contributed by atoms with Crippen LogP contribution < -0.4 is 10.0 Å². The third-order valence-electron chi connectivity index (χ3n) is 2.94. The Hall–Kier alpha value is -1.06. The molecule has 2 N–H and O–H groups in total. The Kier molecular flexibility index (Phi) is 6.69. The predicted molar refractivity (Wildman–Crippen MR) is 76.1 cm³/mol. The summed E-state index contributed by atoms with van der Waals surface area (Å²) in [7, 11) is -3.96. The SMILES string of the molecule is CCCNCCn1nc(C)c(S(=O)(=O)NCC(F)F)c1C. The second-order valence-electron chi connectivity index (χ2n) is 4.72. The maximum atomic E-state index is 12.2. The van der Waals surface area contributed by atoms with Gasteiger partial charge in [-0.25, -0.2) is 21.9 Å². The maximum Gasteiger partial charge on any atom is 0.251 e. The number of alkyl halides is 2. The van der Waals surface area contributed by atoms with E-state index in [1.165, 1.54) is 0 Å². The van der Waals surface area contributed by atoms with Gasteiger partial charge >= 0.3 is 0 Å². The third-order valence-corrected chi connectivity index (χ3v) is 4.61. The minimum absolute atomic E-state index is 0.0151. The Balaban J connectivity index is 2.86. The highest BCUT2D eigenvalue weighted by Crippen LogP contribution is 2.19. The summed E-state index contributed by atoms with van der Waals surface area (Å²) in [5.74, 6) is 0. The zero-order valence-electron chi connectivity index (χ0n) is 12.5. The number of aromatic nitrogens is 2. The van der Waals surface area contributed by atoms with E-state index in [4.69, 9.17) is 0 Å². The largest absolute Gasteiger partial charge is 0.315 e. The van der Waals surface area contributed by atoms with Crippen molar-refractivity contribution >= 4 is 10.0 Å². The molecule has 1 aromatic heterocycles. The monoisotopic (exact) mass is 324 g/mol. The lowest BCUT2D eigenvalue weighted by Crippen LogP contribution is -2.29. The number of sulfonamides is 1. The van der Waals surface area contributed by atoms with Crippen LogP contribution in [-0.4, -0.2) is 44.3 Å². The molecule has 1 rings (SSSR count). The van der Waals surface area contributed by atoms with Crippen LogP contribution in [0.25, 0.3) is 0 Å². The van der Waals surface area contributed by atoms with Gasteiger partial charge in [0.25, 0.3) is 6.43 Å². The fourth-order valence-electron chi connectivity index (χ4n) is 2.02. The van der Waals surface area contributed by atoms with Crippen LogP contribution in [0.1, 0.15) is 24.7 Å². The van der Waals surface area contributed by atoms with Gasteiger partial charge in [-0.15, -0.1) is 0 Å². The van der Waals surface area contributed by atoms with Crippen LogP contribution in [0.4, 0.5) is 8.78 Å². The van der Waals surface area contributed by atoms with Crippen molar-refractivity contribution in [2.24, 2.45) is 0 Å². The van der Waals surface area contributed by atoms with Crippen LogP contribution in [0.5, 0.6) is 0 Å². The predicted octanol–water partition coefficient (Wildman–Crippen LogP) is 1.04. The number of aryl methyl sites for hydroxylation is 1. The second kappa shape index (κ2) is 7.81. The smallest absolute Gasteiger partial charge is 0.251 e. The van der Waals surface area contributed by atoms with Crippen LogP contribution in [0.15, 0.2) is 4.90 Å². The summed E-state index contributed by atoms with van der Waals surface area (Å²) in [6.07, 6.45) is -1.72. The molecule has 0 aliphatic rings. The highest BCUT2D eigenvalue weighted by Gasteiger charge is 2.25. The van der Waals surface area contributed by atoms with Crippen molar-refractivity contribution in [1.29, 1.82) is 0 Å². The first kappa shape index (κ1) is 18.0. The molecule has 6 nitrogen and oxygen atoms in total. The van der Waals surface area contributed by atoms with Crippen molar-refractivity contribution in [3.05, 3.63) is 11.4 Å². The molecule has 0 unspecified atom stereocenters. The summed E-state index contributed by atoms with van der Waals surface area (Å²) in [6.45, 7) is 6.40. The van der Waals surface area contributed by atoms with Crippen molar-refractivity contribution in [1.82, 2.24) is 19.8 Å².